The molecule has 0 aromatic heterocycles. The van der Waals surface area contributed by atoms with Gasteiger partial charge in [-0.2, -0.15) is 0 Å². The maximum atomic E-state index is 13.0. The Balaban J connectivity index is 1.70. The molecule has 2 heterocycles. The number of carbonyl (C=O) groups excluding carboxylic acids is 2. The van der Waals surface area contributed by atoms with Crippen LogP contribution in [-0.2, 0) is 21.7 Å². The minimum Gasteiger partial charge on any atom is -0.508 e. The fourth-order valence-corrected chi connectivity index (χ4v) is 4.12. The number of benzene rings is 3. The SMILES string of the molecule is C=CC(=O)NCc1ccc2c(c1)C(=O)OC21c2ccc(O)cc2Oc2cc(O)ccc21. The van der Waals surface area contributed by atoms with Crippen molar-refractivity contribution >= 4 is 11.9 Å². The van der Waals surface area contributed by atoms with Gasteiger partial charge in [0.15, 0.2) is 5.60 Å². The maximum Gasteiger partial charge on any atom is 0.340 e. The smallest absolute Gasteiger partial charge is 0.340 e. The van der Waals surface area contributed by atoms with Gasteiger partial charge in [-0.05, 0) is 42.0 Å². The van der Waals surface area contributed by atoms with Crippen LogP contribution in [0.1, 0.15) is 32.6 Å². The topological polar surface area (TPSA) is 105 Å². The summed E-state index contributed by atoms with van der Waals surface area (Å²) in [5.74, 6) is -0.203. The molecule has 0 unspecified atom stereocenters. The second-order valence-electron chi connectivity index (χ2n) is 7.34. The number of amides is 1. The van der Waals surface area contributed by atoms with Crippen LogP contribution in [0.5, 0.6) is 23.0 Å². The molecule has 3 aromatic rings. The average Bonchev–Trinajstić information content (AvgIpc) is 3.04. The molecule has 0 saturated carbocycles. The van der Waals surface area contributed by atoms with Crippen molar-refractivity contribution in [1.29, 1.82) is 0 Å². The van der Waals surface area contributed by atoms with Crippen LogP contribution in [-0.4, -0.2) is 22.1 Å². The van der Waals surface area contributed by atoms with Gasteiger partial charge < -0.3 is 25.0 Å². The monoisotopic (exact) mass is 415 g/mol. The van der Waals surface area contributed by atoms with Crippen LogP contribution in [0.4, 0.5) is 0 Å². The van der Waals surface area contributed by atoms with E-state index >= 15 is 0 Å². The van der Waals surface area contributed by atoms with Gasteiger partial charge in [-0.15, -0.1) is 0 Å². The van der Waals surface area contributed by atoms with E-state index in [2.05, 4.69) is 11.9 Å². The summed E-state index contributed by atoms with van der Waals surface area (Å²) in [7, 11) is 0. The quantitative estimate of drug-likeness (QED) is 0.447. The summed E-state index contributed by atoms with van der Waals surface area (Å²) in [4.78, 5) is 24.5. The highest BCUT2D eigenvalue weighted by atomic mass is 16.6. The lowest BCUT2D eigenvalue weighted by Gasteiger charge is -2.36. The number of hydrogen-bond acceptors (Lipinski definition) is 6. The van der Waals surface area contributed by atoms with Crippen molar-refractivity contribution in [3.05, 3.63) is 95.1 Å². The van der Waals surface area contributed by atoms with E-state index in [1.807, 2.05) is 6.07 Å². The van der Waals surface area contributed by atoms with Gasteiger partial charge in [0, 0.05) is 35.4 Å². The van der Waals surface area contributed by atoms with Crippen LogP contribution in [0, 0.1) is 0 Å². The van der Waals surface area contributed by atoms with Gasteiger partial charge in [-0.3, -0.25) is 4.79 Å². The average molecular weight is 415 g/mol. The Bertz CT molecular complexity index is 1230. The van der Waals surface area contributed by atoms with Crippen LogP contribution in [0.25, 0.3) is 0 Å². The Kier molecular flexibility index (Phi) is 4.01. The summed E-state index contributed by atoms with van der Waals surface area (Å²) in [6, 6.07) is 14.5. The Labute approximate surface area is 177 Å². The Morgan fingerprint density at radius 1 is 0.968 bits per heavy atom. The predicted molar refractivity (Wildman–Crippen MR) is 110 cm³/mol. The molecule has 2 aliphatic rings. The second-order valence-corrected chi connectivity index (χ2v) is 7.34. The van der Waals surface area contributed by atoms with Gasteiger partial charge in [-0.1, -0.05) is 18.7 Å². The lowest BCUT2D eigenvalue weighted by molar-refractivity contribution is -0.116. The molecule has 0 bridgehead atoms. The highest BCUT2D eigenvalue weighted by Gasteiger charge is 2.53. The number of rotatable bonds is 3. The highest BCUT2D eigenvalue weighted by Crippen LogP contribution is 2.57. The molecule has 0 atom stereocenters. The van der Waals surface area contributed by atoms with Crippen molar-refractivity contribution in [3.8, 4) is 23.0 Å². The number of phenols is 2. The zero-order chi connectivity index (χ0) is 21.8. The fraction of sp³-hybridized carbons (Fsp3) is 0.0833. The zero-order valence-electron chi connectivity index (χ0n) is 16.2. The zero-order valence-corrected chi connectivity index (χ0v) is 16.2. The number of aromatic hydroxyl groups is 2. The third kappa shape index (κ3) is 2.74. The van der Waals surface area contributed by atoms with Crippen molar-refractivity contribution in [1.82, 2.24) is 5.32 Å². The molecule has 7 heteroatoms. The van der Waals surface area contributed by atoms with Crippen molar-refractivity contribution in [2.75, 3.05) is 0 Å². The molecule has 154 valence electrons. The number of nitrogens with one attached hydrogen (secondary N) is 1. The van der Waals surface area contributed by atoms with Crippen LogP contribution in [0.15, 0.2) is 67.3 Å². The first-order chi connectivity index (χ1) is 14.9. The lowest BCUT2D eigenvalue weighted by Crippen LogP contribution is -2.32. The van der Waals surface area contributed by atoms with Crippen molar-refractivity contribution < 1.29 is 29.3 Å². The molecule has 1 amide bonds. The Morgan fingerprint density at radius 3 is 2.19 bits per heavy atom. The summed E-state index contributed by atoms with van der Waals surface area (Å²) < 4.78 is 11.9. The van der Waals surface area contributed by atoms with Crippen LogP contribution in [0.2, 0.25) is 0 Å². The van der Waals surface area contributed by atoms with Gasteiger partial charge >= 0.3 is 5.97 Å². The summed E-state index contributed by atoms with van der Waals surface area (Å²) >= 11 is 0. The molecule has 3 N–H and O–H groups in total. The predicted octanol–water partition coefficient (Wildman–Crippen LogP) is 3.47. The van der Waals surface area contributed by atoms with E-state index in [0.29, 0.717) is 33.8 Å². The fourth-order valence-electron chi connectivity index (χ4n) is 4.12. The van der Waals surface area contributed by atoms with E-state index in [0.717, 1.165) is 5.56 Å². The molecule has 5 rings (SSSR count). The molecule has 0 saturated heterocycles. The molecular weight excluding hydrogens is 398 g/mol. The minimum atomic E-state index is -1.29. The molecule has 31 heavy (non-hydrogen) atoms. The van der Waals surface area contributed by atoms with Crippen molar-refractivity contribution in [2.24, 2.45) is 0 Å². The number of fused-ring (bicyclic) bond motifs is 6. The lowest BCUT2D eigenvalue weighted by atomic mass is 9.77. The number of esters is 1. The third-order valence-electron chi connectivity index (χ3n) is 5.49. The summed E-state index contributed by atoms with van der Waals surface area (Å²) in [6.45, 7) is 3.65. The molecule has 2 aliphatic heterocycles. The van der Waals surface area contributed by atoms with E-state index in [1.54, 1.807) is 24.3 Å². The standard InChI is InChI=1S/C24H17NO6/c1-2-22(28)25-12-13-3-6-17-16(9-13)23(29)31-24(17)18-7-4-14(26)10-20(18)30-21-11-15(27)5-8-19(21)24/h2-11,26-27H,1,12H2,(H,25,28). The number of phenolic OH excluding ortho intramolecular Hbond substituents is 2. The molecule has 3 aromatic carbocycles. The Morgan fingerprint density at radius 2 is 1.58 bits per heavy atom. The van der Waals surface area contributed by atoms with Gasteiger partial charge in [0.2, 0.25) is 5.91 Å². The summed E-state index contributed by atoms with van der Waals surface area (Å²) in [6.07, 6.45) is 1.18. The van der Waals surface area contributed by atoms with E-state index in [-0.39, 0.29) is 24.0 Å². The molecule has 0 aliphatic carbocycles. The molecular formula is C24H17NO6. The summed E-state index contributed by atoms with van der Waals surface area (Å²) in [5, 5.41) is 22.6. The molecule has 0 radical (unpaired) electrons. The minimum absolute atomic E-state index is 0.00430. The first kappa shape index (κ1) is 18.7. The third-order valence-corrected chi connectivity index (χ3v) is 5.49. The number of ether oxygens (including phenoxy) is 2. The van der Waals surface area contributed by atoms with Crippen LogP contribution in [0.3, 0.4) is 0 Å². The van der Waals surface area contributed by atoms with E-state index in [4.69, 9.17) is 9.47 Å². The maximum absolute atomic E-state index is 13.0. The van der Waals surface area contributed by atoms with Gasteiger partial charge in [0.05, 0.1) is 5.56 Å². The summed E-state index contributed by atoms with van der Waals surface area (Å²) in [5.41, 5.74) is 1.53. The molecule has 1 spiro atoms. The van der Waals surface area contributed by atoms with Crippen molar-refractivity contribution in [3.63, 3.8) is 0 Å². The van der Waals surface area contributed by atoms with Crippen LogP contribution < -0.4 is 10.1 Å². The van der Waals surface area contributed by atoms with Gasteiger partial charge in [-0.25, -0.2) is 4.79 Å². The van der Waals surface area contributed by atoms with Gasteiger partial charge in [0.1, 0.15) is 23.0 Å². The first-order valence-corrected chi connectivity index (χ1v) is 9.54. The van der Waals surface area contributed by atoms with E-state index in [1.165, 1.54) is 30.3 Å². The van der Waals surface area contributed by atoms with Gasteiger partial charge in [0.25, 0.3) is 0 Å². The van der Waals surface area contributed by atoms with E-state index in [9.17, 15) is 19.8 Å². The second kappa shape index (κ2) is 6.63. The molecule has 0 fully saturated rings. The first-order valence-electron chi connectivity index (χ1n) is 9.54. The Hall–Kier alpha value is -4.26. The van der Waals surface area contributed by atoms with Crippen molar-refractivity contribution in [2.45, 2.75) is 12.1 Å². The molecule has 7 nitrogen and oxygen atoms in total. The van der Waals surface area contributed by atoms with Crippen LogP contribution >= 0.6 is 0 Å². The highest BCUT2D eigenvalue weighted by molar-refractivity contribution is 5.97. The largest absolute Gasteiger partial charge is 0.508 e. The van der Waals surface area contributed by atoms with E-state index < -0.39 is 11.6 Å². The number of hydrogen-bond donors (Lipinski definition) is 3. The normalized spacial score (nSPS) is 14.6. The number of carbonyl (C=O) groups is 2.